The minimum absolute atomic E-state index is 0.000926. The maximum atomic E-state index is 8.48. The van der Waals surface area contributed by atoms with Crippen LogP contribution in [-0.4, -0.2) is 35.6 Å². The second-order valence-electron chi connectivity index (χ2n) is 3.65. The summed E-state index contributed by atoms with van der Waals surface area (Å²) in [6.07, 6.45) is 1.15. The summed E-state index contributed by atoms with van der Waals surface area (Å²) in [7, 11) is 1.98. The minimum Gasteiger partial charge on any atom is -0.409 e. The fourth-order valence-electron chi connectivity index (χ4n) is 1.09. The first-order valence-electron chi connectivity index (χ1n) is 4.70. The fourth-order valence-corrected chi connectivity index (χ4v) is 1.09. The standard InChI is InChI=1S/C9H21N3O/c1-5-7(2)6-12(4)8(3)9(10)11-13/h7-8,13H,5-6H2,1-4H3,(H2,10,11). The Bertz CT molecular complexity index is 170. The number of hydrogen-bond acceptors (Lipinski definition) is 3. The molecule has 0 aliphatic heterocycles. The van der Waals surface area contributed by atoms with Gasteiger partial charge in [-0.05, 0) is 19.9 Å². The molecular weight excluding hydrogens is 166 g/mol. The molecule has 0 aliphatic rings. The van der Waals surface area contributed by atoms with E-state index in [4.69, 9.17) is 10.9 Å². The van der Waals surface area contributed by atoms with E-state index in [1.54, 1.807) is 0 Å². The Labute approximate surface area is 80.4 Å². The van der Waals surface area contributed by atoms with Crippen LogP contribution in [0.3, 0.4) is 0 Å². The zero-order chi connectivity index (χ0) is 10.4. The third-order valence-corrected chi connectivity index (χ3v) is 2.50. The summed E-state index contributed by atoms with van der Waals surface area (Å²) < 4.78 is 0. The molecule has 0 saturated heterocycles. The normalized spacial score (nSPS) is 17.5. The molecule has 0 aromatic carbocycles. The van der Waals surface area contributed by atoms with Crippen LogP contribution in [0, 0.1) is 5.92 Å². The smallest absolute Gasteiger partial charge is 0.156 e. The van der Waals surface area contributed by atoms with Crippen molar-refractivity contribution >= 4 is 5.84 Å². The zero-order valence-corrected chi connectivity index (χ0v) is 8.99. The molecule has 0 saturated carbocycles. The fraction of sp³-hybridized carbons (Fsp3) is 0.889. The van der Waals surface area contributed by atoms with Crippen LogP contribution in [0.4, 0.5) is 0 Å². The van der Waals surface area contributed by atoms with Gasteiger partial charge in [-0.25, -0.2) is 0 Å². The molecule has 0 heterocycles. The number of hydrogen-bond donors (Lipinski definition) is 2. The second-order valence-corrected chi connectivity index (χ2v) is 3.65. The molecule has 2 atom stereocenters. The van der Waals surface area contributed by atoms with Crippen LogP contribution in [-0.2, 0) is 0 Å². The number of oxime groups is 1. The van der Waals surface area contributed by atoms with E-state index in [1.807, 2.05) is 14.0 Å². The number of rotatable bonds is 5. The lowest BCUT2D eigenvalue weighted by atomic mass is 10.1. The topological polar surface area (TPSA) is 61.8 Å². The van der Waals surface area contributed by atoms with Crippen molar-refractivity contribution in [2.75, 3.05) is 13.6 Å². The second kappa shape index (κ2) is 5.80. The third-order valence-electron chi connectivity index (χ3n) is 2.50. The van der Waals surface area contributed by atoms with Gasteiger partial charge in [0.2, 0.25) is 0 Å². The lowest BCUT2D eigenvalue weighted by molar-refractivity contribution is 0.252. The van der Waals surface area contributed by atoms with Crippen molar-refractivity contribution in [1.29, 1.82) is 0 Å². The van der Waals surface area contributed by atoms with E-state index < -0.39 is 0 Å². The van der Waals surface area contributed by atoms with E-state index in [1.165, 1.54) is 0 Å². The van der Waals surface area contributed by atoms with Gasteiger partial charge in [0.15, 0.2) is 5.84 Å². The molecule has 4 nitrogen and oxygen atoms in total. The maximum Gasteiger partial charge on any atom is 0.156 e. The summed E-state index contributed by atoms with van der Waals surface area (Å²) in [6, 6.07) is -0.000926. The average molecular weight is 187 g/mol. The van der Waals surface area contributed by atoms with Crippen LogP contribution in [0.15, 0.2) is 5.16 Å². The van der Waals surface area contributed by atoms with E-state index >= 15 is 0 Å². The lowest BCUT2D eigenvalue weighted by Gasteiger charge is -2.25. The Balaban J connectivity index is 4.03. The van der Waals surface area contributed by atoms with Crippen molar-refractivity contribution < 1.29 is 5.21 Å². The molecule has 0 aromatic heterocycles. The molecule has 0 fully saturated rings. The molecular formula is C9H21N3O. The van der Waals surface area contributed by atoms with Crippen LogP contribution in [0.25, 0.3) is 0 Å². The monoisotopic (exact) mass is 187 g/mol. The van der Waals surface area contributed by atoms with Crippen LogP contribution in [0.2, 0.25) is 0 Å². The molecule has 0 amide bonds. The summed E-state index contributed by atoms with van der Waals surface area (Å²) >= 11 is 0. The van der Waals surface area contributed by atoms with E-state index in [0.717, 1.165) is 13.0 Å². The molecule has 0 radical (unpaired) electrons. The van der Waals surface area contributed by atoms with Crippen molar-refractivity contribution in [3.8, 4) is 0 Å². The third kappa shape index (κ3) is 4.12. The summed E-state index contributed by atoms with van der Waals surface area (Å²) in [6.45, 7) is 7.24. The van der Waals surface area contributed by atoms with Gasteiger partial charge < -0.3 is 10.9 Å². The van der Waals surface area contributed by atoms with Crippen molar-refractivity contribution in [2.24, 2.45) is 16.8 Å². The predicted octanol–water partition coefficient (Wildman–Crippen LogP) is 1.10. The van der Waals surface area contributed by atoms with Crippen molar-refractivity contribution in [1.82, 2.24) is 4.90 Å². The summed E-state index contributed by atoms with van der Waals surface area (Å²) in [5.41, 5.74) is 5.49. The van der Waals surface area contributed by atoms with E-state index in [9.17, 15) is 0 Å². The highest BCUT2D eigenvalue weighted by molar-refractivity contribution is 5.84. The van der Waals surface area contributed by atoms with Gasteiger partial charge in [-0.15, -0.1) is 0 Å². The van der Waals surface area contributed by atoms with Crippen molar-refractivity contribution in [3.63, 3.8) is 0 Å². The largest absolute Gasteiger partial charge is 0.409 e. The van der Waals surface area contributed by atoms with E-state index in [0.29, 0.717) is 5.92 Å². The highest BCUT2D eigenvalue weighted by Gasteiger charge is 2.15. The Morgan fingerprint density at radius 2 is 2.08 bits per heavy atom. The molecule has 4 heteroatoms. The van der Waals surface area contributed by atoms with Gasteiger partial charge in [0.1, 0.15) is 0 Å². The quantitative estimate of drug-likeness (QED) is 0.293. The Hall–Kier alpha value is -0.770. The highest BCUT2D eigenvalue weighted by Crippen LogP contribution is 2.05. The van der Waals surface area contributed by atoms with Crippen LogP contribution in [0.1, 0.15) is 27.2 Å². The van der Waals surface area contributed by atoms with Gasteiger partial charge in [0, 0.05) is 6.54 Å². The van der Waals surface area contributed by atoms with E-state index in [-0.39, 0.29) is 11.9 Å². The van der Waals surface area contributed by atoms with Gasteiger partial charge in [-0.1, -0.05) is 25.4 Å². The minimum atomic E-state index is -0.000926. The number of nitrogens with zero attached hydrogens (tertiary/aromatic N) is 2. The first-order chi connectivity index (χ1) is 6.02. The highest BCUT2D eigenvalue weighted by atomic mass is 16.4. The number of nitrogens with two attached hydrogens (primary N) is 1. The Morgan fingerprint density at radius 3 is 2.46 bits per heavy atom. The van der Waals surface area contributed by atoms with Gasteiger partial charge >= 0.3 is 0 Å². The van der Waals surface area contributed by atoms with Crippen molar-refractivity contribution in [3.05, 3.63) is 0 Å². The molecule has 0 spiro atoms. The molecule has 0 bridgehead atoms. The average Bonchev–Trinajstić information content (AvgIpc) is 2.14. The van der Waals surface area contributed by atoms with Gasteiger partial charge in [-0.2, -0.15) is 0 Å². The van der Waals surface area contributed by atoms with Crippen LogP contribution < -0.4 is 5.73 Å². The lowest BCUT2D eigenvalue weighted by Crippen LogP contribution is -2.42. The predicted molar refractivity (Wildman–Crippen MR) is 55.0 cm³/mol. The summed E-state index contributed by atoms with van der Waals surface area (Å²) in [4.78, 5) is 2.09. The van der Waals surface area contributed by atoms with Gasteiger partial charge in [0.05, 0.1) is 6.04 Å². The molecule has 13 heavy (non-hydrogen) atoms. The molecule has 0 rings (SSSR count). The Kier molecular flexibility index (Phi) is 5.46. The number of likely N-dealkylation sites (N-methyl/N-ethyl adjacent to an activating group) is 1. The molecule has 0 aromatic rings. The first kappa shape index (κ1) is 12.2. The zero-order valence-electron chi connectivity index (χ0n) is 8.99. The van der Waals surface area contributed by atoms with Crippen LogP contribution >= 0.6 is 0 Å². The van der Waals surface area contributed by atoms with Crippen LogP contribution in [0.5, 0.6) is 0 Å². The van der Waals surface area contributed by atoms with Gasteiger partial charge in [-0.3, -0.25) is 4.90 Å². The van der Waals surface area contributed by atoms with Crippen molar-refractivity contribution in [2.45, 2.75) is 33.2 Å². The molecule has 2 unspecified atom stereocenters. The summed E-state index contributed by atoms with van der Waals surface area (Å²) in [5, 5.41) is 11.5. The van der Waals surface area contributed by atoms with Gasteiger partial charge in [0.25, 0.3) is 0 Å². The van der Waals surface area contributed by atoms with E-state index in [2.05, 4.69) is 23.9 Å². The Morgan fingerprint density at radius 1 is 1.54 bits per heavy atom. The SMILES string of the molecule is CCC(C)CN(C)C(C)C(N)=NO. The molecule has 78 valence electrons. The molecule has 3 N–H and O–H groups in total. The molecule has 0 aliphatic carbocycles. The first-order valence-corrected chi connectivity index (χ1v) is 4.70. The summed E-state index contributed by atoms with van der Waals surface area (Å²) in [5.74, 6) is 0.907. The maximum absolute atomic E-state index is 8.48. The number of amidine groups is 1.